The fourth-order valence-corrected chi connectivity index (χ4v) is 4.48. The predicted molar refractivity (Wildman–Crippen MR) is 110 cm³/mol. The van der Waals surface area contributed by atoms with Crippen molar-refractivity contribution in [1.29, 1.82) is 0 Å². The van der Waals surface area contributed by atoms with Crippen LogP contribution >= 0.6 is 0 Å². The normalized spacial score (nSPS) is 24.6. The Kier molecular flexibility index (Phi) is 6.93. The summed E-state index contributed by atoms with van der Waals surface area (Å²) >= 11 is 0. The molecule has 1 saturated heterocycles. The molecule has 0 aromatic heterocycles. The number of hydrogen-bond acceptors (Lipinski definition) is 3. The van der Waals surface area contributed by atoms with Crippen LogP contribution in [0.25, 0.3) is 0 Å². The molecule has 1 saturated carbocycles. The molecule has 1 aromatic carbocycles. The van der Waals surface area contributed by atoms with E-state index in [9.17, 15) is 9.90 Å². The zero-order valence-corrected chi connectivity index (χ0v) is 17.0. The van der Waals surface area contributed by atoms with Crippen molar-refractivity contribution >= 4 is 5.91 Å². The lowest BCUT2D eigenvalue weighted by Gasteiger charge is -2.38. The monoisotopic (exact) mass is 372 g/mol. The third-order valence-corrected chi connectivity index (χ3v) is 6.30. The molecule has 1 aromatic rings. The molecule has 1 heterocycles. The van der Waals surface area contributed by atoms with E-state index < -0.39 is 5.60 Å². The highest BCUT2D eigenvalue weighted by Crippen LogP contribution is 2.26. The van der Waals surface area contributed by atoms with E-state index in [0.717, 1.165) is 25.1 Å². The molecular formula is C23H36N2O2. The highest BCUT2D eigenvalue weighted by atomic mass is 16.3. The number of aliphatic hydroxyl groups is 1. The summed E-state index contributed by atoms with van der Waals surface area (Å²) in [6.07, 6.45) is 7.96. The first-order valence-corrected chi connectivity index (χ1v) is 10.8. The van der Waals surface area contributed by atoms with E-state index in [-0.39, 0.29) is 5.91 Å². The summed E-state index contributed by atoms with van der Waals surface area (Å²) < 4.78 is 0. The van der Waals surface area contributed by atoms with Gasteiger partial charge in [0.25, 0.3) is 5.91 Å². The fourth-order valence-electron chi connectivity index (χ4n) is 4.48. The van der Waals surface area contributed by atoms with E-state index in [2.05, 4.69) is 43.4 Å². The maximum Gasteiger partial charge on any atom is 0.256 e. The zero-order valence-electron chi connectivity index (χ0n) is 17.0. The molecule has 1 atom stereocenters. The molecule has 2 aliphatic rings. The Bertz CT molecular complexity index is 607. The lowest BCUT2D eigenvalue weighted by Crippen LogP contribution is -2.58. The second-order valence-electron chi connectivity index (χ2n) is 8.89. The van der Waals surface area contributed by atoms with Crippen LogP contribution in [0.3, 0.4) is 0 Å². The van der Waals surface area contributed by atoms with Crippen molar-refractivity contribution in [3.8, 4) is 0 Å². The van der Waals surface area contributed by atoms with Gasteiger partial charge in [-0.25, -0.2) is 0 Å². The number of likely N-dealkylation sites (tertiary alicyclic amines) is 1. The van der Waals surface area contributed by atoms with E-state index >= 15 is 0 Å². The molecule has 4 nitrogen and oxygen atoms in total. The molecule has 150 valence electrons. The van der Waals surface area contributed by atoms with Crippen LogP contribution in [-0.2, 0) is 11.3 Å². The molecule has 1 aliphatic heterocycles. The summed E-state index contributed by atoms with van der Waals surface area (Å²) in [5.74, 6) is 1.10. The Hall–Kier alpha value is -1.39. The first-order chi connectivity index (χ1) is 13.0. The standard InChI is InChI=1S/C23H36N2O2/c1-18(2)21-11-9-20(10-12-21)16-25-14-6-13-23(27,22(25)26)17-24-15-19-7-4-3-5-8-19/h9-12,18-19,24,27H,3-8,13-17H2,1-2H3/t23-/m0/s1. The summed E-state index contributed by atoms with van der Waals surface area (Å²) in [4.78, 5) is 14.8. The average Bonchev–Trinajstić information content (AvgIpc) is 2.67. The largest absolute Gasteiger partial charge is 0.379 e. The molecule has 4 heteroatoms. The van der Waals surface area contributed by atoms with Gasteiger partial charge in [0.15, 0.2) is 5.60 Å². The fraction of sp³-hybridized carbons (Fsp3) is 0.696. The maximum atomic E-state index is 12.9. The summed E-state index contributed by atoms with van der Waals surface area (Å²) in [5.41, 5.74) is 1.20. The Morgan fingerprint density at radius 2 is 1.85 bits per heavy atom. The molecule has 2 fully saturated rings. The number of nitrogens with one attached hydrogen (secondary N) is 1. The van der Waals surface area contributed by atoms with Gasteiger partial charge in [-0.1, -0.05) is 57.4 Å². The van der Waals surface area contributed by atoms with Gasteiger partial charge in [0.2, 0.25) is 0 Å². The summed E-state index contributed by atoms with van der Waals surface area (Å²) in [6.45, 7) is 6.99. The first kappa shape index (κ1) is 20.3. The molecule has 1 aliphatic carbocycles. The van der Waals surface area contributed by atoms with E-state index in [4.69, 9.17) is 0 Å². The van der Waals surface area contributed by atoms with Crippen LogP contribution in [0.5, 0.6) is 0 Å². The third-order valence-electron chi connectivity index (χ3n) is 6.30. The molecule has 3 rings (SSSR count). The minimum absolute atomic E-state index is 0.113. The highest BCUT2D eigenvalue weighted by molar-refractivity contribution is 5.86. The number of rotatable bonds is 7. The van der Waals surface area contributed by atoms with Crippen molar-refractivity contribution in [2.24, 2.45) is 5.92 Å². The van der Waals surface area contributed by atoms with Crippen LogP contribution in [0.1, 0.15) is 75.8 Å². The minimum Gasteiger partial charge on any atom is -0.379 e. The van der Waals surface area contributed by atoms with E-state index in [1.165, 1.54) is 37.7 Å². The van der Waals surface area contributed by atoms with Crippen LogP contribution in [-0.4, -0.2) is 41.1 Å². The maximum absolute atomic E-state index is 12.9. The van der Waals surface area contributed by atoms with Crippen LogP contribution in [0.15, 0.2) is 24.3 Å². The van der Waals surface area contributed by atoms with Crippen molar-refractivity contribution in [3.05, 3.63) is 35.4 Å². The smallest absolute Gasteiger partial charge is 0.256 e. The second-order valence-corrected chi connectivity index (χ2v) is 8.89. The lowest BCUT2D eigenvalue weighted by atomic mass is 9.88. The van der Waals surface area contributed by atoms with Crippen molar-refractivity contribution in [2.45, 2.75) is 76.9 Å². The van der Waals surface area contributed by atoms with Crippen molar-refractivity contribution in [3.63, 3.8) is 0 Å². The molecule has 2 N–H and O–H groups in total. The molecule has 27 heavy (non-hydrogen) atoms. The summed E-state index contributed by atoms with van der Waals surface area (Å²) in [7, 11) is 0. The number of carbonyl (C=O) groups excluding carboxylic acids is 1. The summed E-state index contributed by atoms with van der Waals surface area (Å²) in [5, 5.41) is 14.4. The minimum atomic E-state index is -1.25. The van der Waals surface area contributed by atoms with Gasteiger partial charge in [0, 0.05) is 19.6 Å². The van der Waals surface area contributed by atoms with Crippen LogP contribution < -0.4 is 5.32 Å². The highest BCUT2D eigenvalue weighted by Gasteiger charge is 2.41. The third kappa shape index (κ3) is 5.32. The lowest BCUT2D eigenvalue weighted by molar-refractivity contribution is -0.157. The van der Waals surface area contributed by atoms with Gasteiger partial charge in [-0.3, -0.25) is 4.79 Å². The molecule has 0 radical (unpaired) electrons. The van der Waals surface area contributed by atoms with Gasteiger partial charge >= 0.3 is 0 Å². The van der Waals surface area contributed by atoms with Crippen molar-refractivity contribution in [1.82, 2.24) is 10.2 Å². The molecule has 1 amide bonds. The number of nitrogens with zero attached hydrogens (tertiary/aromatic N) is 1. The van der Waals surface area contributed by atoms with Gasteiger partial charge < -0.3 is 15.3 Å². The van der Waals surface area contributed by atoms with Gasteiger partial charge in [-0.15, -0.1) is 0 Å². The van der Waals surface area contributed by atoms with Crippen molar-refractivity contribution < 1.29 is 9.90 Å². The number of piperidine rings is 1. The average molecular weight is 373 g/mol. The Morgan fingerprint density at radius 3 is 2.52 bits per heavy atom. The number of benzene rings is 1. The Labute approximate surface area is 164 Å². The van der Waals surface area contributed by atoms with Gasteiger partial charge in [0.1, 0.15) is 0 Å². The van der Waals surface area contributed by atoms with Crippen LogP contribution in [0.4, 0.5) is 0 Å². The SMILES string of the molecule is CC(C)c1ccc(CN2CCC[C@](O)(CNCC3CCCCC3)C2=O)cc1. The quantitative estimate of drug-likeness (QED) is 0.765. The Balaban J connectivity index is 1.53. The number of amides is 1. The molecule has 0 bridgehead atoms. The predicted octanol–water partition coefficient (Wildman–Crippen LogP) is 3.83. The zero-order chi connectivity index (χ0) is 19.3. The van der Waals surface area contributed by atoms with E-state index in [0.29, 0.717) is 31.3 Å². The van der Waals surface area contributed by atoms with Gasteiger partial charge in [-0.05, 0) is 55.2 Å². The molecule has 0 spiro atoms. The second kappa shape index (κ2) is 9.20. The number of carbonyl (C=O) groups is 1. The van der Waals surface area contributed by atoms with E-state index in [1.54, 1.807) is 0 Å². The summed E-state index contributed by atoms with van der Waals surface area (Å²) in [6, 6.07) is 8.51. The molecule has 0 unspecified atom stereocenters. The number of hydrogen-bond donors (Lipinski definition) is 2. The van der Waals surface area contributed by atoms with E-state index in [1.807, 2.05) is 4.90 Å². The topological polar surface area (TPSA) is 52.6 Å². The van der Waals surface area contributed by atoms with Crippen LogP contribution in [0, 0.1) is 5.92 Å². The van der Waals surface area contributed by atoms with Crippen molar-refractivity contribution in [2.75, 3.05) is 19.6 Å². The molecular weight excluding hydrogens is 336 g/mol. The van der Waals surface area contributed by atoms with Gasteiger partial charge in [0.05, 0.1) is 0 Å². The Morgan fingerprint density at radius 1 is 1.15 bits per heavy atom. The van der Waals surface area contributed by atoms with Crippen LogP contribution in [0.2, 0.25) is 0 Å². The van der Waals surface area contributed by atoms with Gasteiger partial charge in [-0.2, -0.15) is 0 Å². The first-order valence-electron chi connectivity index (χ1n) is 10.8.